The highest BCUT2D eigenvalue weighted by atomic mass is 19.4. The summed E-state index contributed by atoms with van der Waals surface area (Å²) in [4.78, 5) is 24.5. The van der Waals surface area contributed by atoms with Crippen LogP contribution in [0.5, 0.6) is 17.4 Å². The van der Waals surface area contributed by atoms with Crippen molar-refractivity contribution in [3.05, 3.63) is 47.7 Å². The van der Waals surface area contributed by atoms with E-state index in [2.05, 4.69) is 27.2 Å². The van der Waals surface area contributed by atoms with Gasteiger partial charge in [-0.15, -0.1) is 13.2 Å². The number of carbonyl (C=O) groups is 1. The molecule has 1 aromatic heterocycles. The van der Waals surface area contributed by atoms with Gasteiger partial charge in [0.05, 0.1) is 23.6 Å². The second kappa shape index (κ2) is 12.0. The lowest BCUT2D eigenvalue weighted by Crippen LogP contribution is -2.49. The third-order valence-electron chi connectivity index (χ3n) is 8.08. The number of phenolic OH excluding ortho intramolecular Hbond substituents is 1. The molecule has 224 valence electrons. The first-order valence-corrected chi connectivity index (χ1v) is 13.9. The number of nitriles is 1. The average molecular weight is 587 g/mol. The Morgan fingerprint density at radius 1 is 1.21 bits per heavy atom. The van der Waals surface area contributed by atoms with Gasteiger partial charge in [-0.25, -0.2) is 4.98 Å². The first-order valence-electron chi connectivity index (χ1n) is 13.9. The predicted octanol–water partition coefficient (Wildman–Crippen LogP) is 3.43. The summed E-state index contributed by atoms with van der Waals surface area (Å²) in [6, 6.07) is 5.94. The summed E-state index contributed by atoms with van der Waals surface area (Å²) in [5, 5.41) is 20.4. The first kappa shape index (κ1) is 29.3. The van der Waals surface area contributed by atoms with Crippen molar-refractivity contribution < 1.29 is 32.5 Å². The Morgan fingerprint density at radius 2 is 1.98 bits per heavy atom. The van der Waals surface area contributed by atoms with Crippen LogP contribution in [0.1, 0.15) is 29.7 Å². The van der Waals surface area contributed by atoms with E-state index in [9.17, 15) is 28.3 Å². The number of nitrogens with zero attached hydrogens (tertiary/aromatic N) is 6. The second-order valence-corrected chi connectivity index (χ2v) is 10.7. The van der Waals surface area contributed by atoms with Crippen molar-refractivity contribution in [3.63, 3.8) is 0 Å². The minimum Gasteiger partial charge on any atom is -0.508 e. The molecule has 1 amide bonds. The molecule has 10 nitrogen and oxygen atoms in total. The number of likely N-dealkylation sites (N-methyl/N-ethyl adjacent to an activating group) is 1. The Morgan fingerprint density at radius 3 is 2.62 bits per heavy atom. The molecule has 4 heterocycles. The molecule has 0 radical (unpaired) electrons. The van der Waals surface area contributed by atoms with E-state index in [1.807, 2.05) is 7.05 Å². The van der Waals surface area contributed by atoms with Crippen LogP contribution in [0.4, 0.5) is 24.5 Å². The normalized spacial score (nSPS) is 19.3. The van der Waals surface area contributed by atoms with Crippen molar-refractivity contribution in [3.8, 4) is 23.4 Å². The van der Waals surface area contributed by atoms with Gasteiger partial charge in [-0.05, 0) is 51.1 Å². The molecule has 42 heavy (non-hydrogen) atoms. The fraction of sp³-hybridized carbons (Fsp3) is 0.483. The highest BCUT2D eigenvalue weighted by Crippen LogP contribution is 2.41. The minimum absolute atomic E-state index is 0.0808. The van der Waals surface area contributed by atoms with Crippen molar-refractivity contribution in [1.29, 1.82) is 5.26 Å². The molecule has 1 atom stereocenters. The number of hydrogen-bond acceptors (Lipinski definition) is 9. The third-order valence-corrected chi connectivity index (χ3v) is 8.08. The van der Waals surface area contributed by atoms with Crippen LogP contribution in [0.25, 0.3) is 0 Å². The van der Waals surface area contributed by atoms with Gasteiger partial charge in [0.2, 0.25) is 11.8 Å². The highest BCUT2D eigenvalue weighted by Gasteiger charge is 2.35. The molecular formula is C29H33F3N6O4. The molecule has 0 unspecified atom stereocenters. The highest BCUT2D eigenvalue weighted by molar-refractivity contribution is 5.87. The zero-order chi connectivity index (χ0) is 30.0. The van der Waals surface area contributed by atoms with Gasteiger partial charge in [-0.1, -0.05) is 6.58 Å². The predicted molar refractivity (Wildman–Crippen MR) is 149 cm³/mol. The van der Waals surface area contributed by atoms with Gasteiger partial charge in [-0.3, -0.25) is 4.79 Å². The maximum atomic E-state index is 13.2. The van der Waals surface area contributed by atoms with E-state index in [0.717, 1.165) is 37.1 Å². The summed E-state index contributed by atoms with van der Waals surface area (Å²) in [5.74, 6) is -0.604. The first-order chi connectivity index (χ1) is 20.1. The van der Waals surface area contributed by atoms with Gasteiger partial charge in [0.15, 0.2) is 5.75 Å². The van der Waals surface area contributed by atoms with Gasteiger partial charge >= 0.3 is 6.36 Å². The quantitative estimate of drug-likeness (QED) is 0.489. The number of amides is 1. The van der Waals surface area contributed by atoms with Crippen LogP contribution in [0, 0.1) is 11.3 Å². The fourth-order valence-corrected chi connectivity index (χ4v) is 5.90. The summed E-state index contributed by atoms with van der Waals surface area (Å²) < 4.78 is 49.9. The average Bonchev–Trinajstić information content (AvgIpc) is 3.39. The number of alkyl halides is 3. The SMILES string of the molecule is C=CC(=O)N1CCN(c2c(C#N)c(OC[C@@H]3CCCN3C)nc3c2CCN(c2cc(O)ccc2OC(F)(F)F)C3)CC1. The number of likely N-dealkylation sites (tertiary alicyclic amines) is 1. The number of halogens is 3. The lowest BCUT2D eigenvalue weighted by atomic mass is 9.97. The Balaban J connectivity index is 1.51. The minimum atomic E-state index is -4.91. The summed E-state index contributed by atoms with van der Waals surface area (Å²) in [6.45, 7) is 7.13. The molecule has 1 aromatic carbocycles. The monoisotopic (exact) mass is 586 g/mol. The van der Waals surface area contributed by atoms with Gasteiger partial charge in [0.1, 0.15) is 24.0 Å². The molecule has 0 saturated carbocycles. The zero-order valence-corrected chi connectivity index (χ0v) is 23.4. The Bertz CT molecular complexity index is 1390. The number of aromatic nitrogens is 1. The van der Waals surface area contributed by atoms with Gasteiger partial charge in [-0.2, -0.15) is 5.26 Å². The van der Waals surface area contributed by atoms with E-state index >= 15 is 0 Å². The topological polar surface area (TPSA) is 105 Å². The molecule has 2 aromatic rings. The molecular weight excluding hydrogens is 553 g/mol. The largest absolute Gasteiger partial charge is 0.573 e. The van der Waals surface area contributed by atoms with Gasteiger partial charge in [0.25, 0.3) is 0 Å². The molecule has 2 saturated heterocycles. The van der Waals surface area contributed by atoms with E-state index < -0.39 is 12.1 Å². The standard InChI is InChI=1S/C29H33F3N6O4/c1-3-26(40)36-11-13-37(14-12-36)27-21-8-10-38(24-15-20(39)6-7-25(24)42-29(30,31)32)17-23(21)34-28(22(27)16-33)41-18-19-5-4-9-35(19)2/h3,6-7,15,19,39H,1,4-5,8-14,17-18H2,2H3/t19-/m0/s1. The van der Waals surface area contributed by atoms with Crippen LogP contribution in [-0.4, -0.2) is 91.1 Å². The number of aromatic hydroxyl groups is 1. The fourth-order valence-electron chi connectivity index (χ4n) is 5.90. The van der Waals surface area contributed by atoms with Crippen LogP contribution in [0.2, 0.25) is 0 Å². The van der Waals surface area contributed by atoms with Crippen molar-refractivity contribution in [2.24, 2.45) is 0 Å². The summed E-state index contributed by atoms with van der Waals surface area (Å²) >= 11 is 0. The number of ether oxygens (including phenoxy) is 2. The number of benzene rings is 1. The van der Waals surface area contributed by atoms with Crippen molar-refractivity contribution in [1.82, 2.24) is 14.8 Å². The van der Waals surface area contributed by atoms with E-state index in [-0.39, 0.29) is 35.8 Å². The van der Waals surface area contributed by atoms with Crippen molar-refractivity contribution in [2.45, 2.75) is 38.2 Å². The number of phenols is 1. The lowest BCUT2D eigenvalue weighted by molar-refractivity contribution is -0.274. The summed E-state index contributed by atoms with van der Waals surface area (Å²) in [7, 11) is 2.02. The van der Waals surface area contributed by atoms with Gasteiger partial charge in [0, 0.05) is 50.4 Å². The van der Waals surface area contributed by atoms with E-state index in [1.54, 1.807) is 9.80 Å². The van der Waals surface area contributed by atoms with E-state index in [4.69, 9.17) is 9.72 Å². The zero-order valence-electron chi connectivity index (χ0n) is 23.4. The third kappa shape index (κ3) is 6.18. The van der Waals surface area contributed by atoms with E-state index in [0.29, 0.717) is 62.7 Å². The van der Waals surface area contributed by atoms with Crippen molar-refractivity contribution >= 4 is 17.3 Å². The number of hydrogen-bond donors (Lipinski definition) is 1. The Kier molecular flexibility index (Phi) is 8.36. The molecule has 13 heteroatoms. The lowest BCUT2D eigenvalue weighted by Gasteiger charge is -2.39. The molecule has 1 N–H and O–H groups in total. The number of piperazine rings is 1. The van der Waals surface area contributed by atoms with Crippen LogP contribution < -0.4 is 19.3 Å². The van der Waals surface area contributed by atoms with Crippen molar-refractivity contribution in [2.75, 3.05) is 62.7 Å². The Labute approximate surface area is 242 Å². The summed E-state index contributed by atoms with van der Waals surface area (Å²) in [5.41, 5.74) is 2.46. The van der Waals surface area contributed by atoms with Crippen LogP contribution >= 0.6 is 0 Å². The molecule has 5 rings (SSSR count). The maximum absolute atomic E-state index is 13.2. The number of anilines is 2. The Hall–Kier alpha value is -4.18. The van der Waals surface area contributed by atoms with Crippen LogP contribution in [0.15, 0.2) is 30.9 Å². The molecule has 0 aliphatic carbocycles. The van der Waals surface area contributed by atoms with Crippen LogP contribution in [-0.2, 0) is 17.8 Å². The molecule has 3 aliphatic heterocycles. The van der Waals surface area contributed by atoms with Crippen LogP contribution in [0.3, 0.4) is 0 Å². The molecule has 0 bridgehead atoms. The molecule has 0 spiro atoms. The number of pyridine rings is 1. The number of fused-ring (bicyclic) bond motifs is 1. The number of rotatable bonds is 7. The molecule has 3 aliphatic rings. The smallest absolute Gasteiger partial charge is 0.508 e. The van der Waals surface area contributed by atoms with Gasteiger partial charge < -0.3 is 34.2 Å². The van der Waals surface area contributed by atoms with E-state index in [1.165, 1.54) is 12.1 Å². The maximum Gasteiger partial charge on any atom is 0.573 e. The summed E-state index contributed by atoms with van der Waals surface area (Å²) in [6.07, 6.45) is -1.24. The molecule has 2 fully saturated rings. The number of carbonyl (C=O) groups excluding carboxylic acids is 1. The second-order valence-electron chi connectivity index (χ2n) is 10.7.